The fourth-order valence-electron chi connectivity index (χ4n) is 4.01. The largest absolute Gasteiger partial charge is 0.402 e. The second kappa shape index (κ2) is 9.40. The van der Waals surface area contributed by atoms with Crippen LogP contribution >= 0.6 is 11.9 Å². The van der Waals surface area contributed by atoms with Gasteiger partial charge < -0.3 is 21.0 Å². The van der Waals surface area contributed by atoms with Gasteiger partial charge in [0.25, 0.3) is 5.91 Å². The molecule has 0 radical (unpaired) electrons. The molecule has 0 bridgehead atoms. The molecule has 0 unspecified atom stereocenters. The molecule has 2 aromatic heterocycles. The molecule has 4 N–H and O–H groups in total. The summed E-state index contributed by atoms with van der Waals surface area (Å²) in [6, 6.07) is 4.97. The Labute approximate surface area is 196 Å². The number of hydrogen-bond donors (Lipinski definition) is 3. The molecule has 1 aliphatic rings. The van der Waals surface area contributed by atoms with Crippen LogP contribution in [-0.4, -0.2) is 43.9 Å². The van der Waals surface area contributed by atoms with Crippen molar-refractivity contribution >= 4 is 35.0 Å². The van der Waals surface area contributed by atoms with Gasteiger partial charge in [0.05, 0.1) is 11.7 Å². The molecule has 33 heavy (non-hydrogen) atoms. The highest BCUT2D eigenvalue weighted by molar-refractivity contribution is 7.97. The van der Waals surface area contributed by atoms with Crippen LogP contribution in [0, 0.1) is 18.2 Å². The summed E-state index contributed by atoms with van der Waals surface area (Å²) in [6.45, 7) is 5.96. The number of aryl methyl sites for hydroxylation is 1. The number of halogens is 1. The first kappa shape index (κ1) is 23.1. The zero-order valence-corrected chi connectivity index (χ0v) is 19.8. The van der Waals surface area contributed by atoms with Crippen molar-refractivity contribution in [3.63, 3.8) is 0 Å². The van der Waals surface area contributed by atoms with Crippen LogP contribution in [0.3, 0.4) is 0 Å². The molecule has 0 saturated heterocycles. The van der Waals surface area contributed by atoms with E-state index in [0.29, 0.717) is 36.3 Å². The Hall–Kier alpha value is -3.11. The summed E-state index contributed by atoms with van der Waals surface area (Å²) in [7, 11) is 1.85. The molecule has 0 fully saturated rings. The van der Waals surface area contributed by atoms with Gasteiger partial charge in [-0.05, 0) is 44.0 Å². The summed E-state index contributed by atoms with van der Waals surface area (Å²) >= 11 is 1.56. The van der Waals surface area contributed by atoms with Gasteiger partial charge >= 0.3 is 0 Å². The molecular weight excluding hydrogens is 441 g/mol. The zero-order valence-electron chi connectivity index (χ0n) is 19.0. The minimum atomic E-state index is -0.364. The Morgan fingerprint density at radius 3 is 2.94 bits per heavy atom. The van der Waals surface area contributed by atoms with Crippen molar-refractivity contribution in [3.05, 3.63) is 58.4 Å². The topological polar surface area (TPSA) is 105 Å². The summed E-state index contributed by atoms with van der Waals surface area (Å²) in [4.78, 5) is 14.0. The molecule has 1 amide bonds. The zero-order chi connectivity index (χ0) is 23.7. The third-order valence-corrected chi connectivity index (χ3v) is 7.27. The number of nitrogens with two attached hydrogens (primary N) is 1. The van der Waals surface area contributed by atoms with Crippen molar-refractivity contribution in [1.82, 2.24) is 24.0 Å². The van der Waals surface area contributed by atoms with Crippen LogP contribution in [0.1, 0.15) is 35.1 Å². The van der Waals surface area contributed by atoms with E-state index in [-0.39, 0.29) is 18.3 Å². The Bertz CT molecular complexity index is 1260. The fraction of sp³-hybridized carbons (Fsp3) is 0.348. The Morgan fingerprint density at radius 1 is 1.42 bits per heavy atom. The number of rotatable bonds is 7. The Balaban J connectivity index is 1.51. The van der Waals surface area contributed by atoms with Crippen molar-refractivity contribution in [2.75, 3.05) is 13.1 Å². The number of nitrogens with zero attached hydrogens (tertiary/aromatic N) is 4. The van der Waals surface area contributed by atoms with E-state index >= 15 is 0 Å². The molecule has 1 aromatic carbocycles. The lowest BCUT2D eigenvalue weighted by molar-refractivity contribution is 0.0942. The van der Waals surface area contributed by atoms with Gasteiger partial charge in [0, 0.05) is 78.7 Å². The van der Waals surface area contributed by atoms with E-state index in [0.717, 1.165) is 33.8 Å². The van der Waals surface area contributed by atoms with Crippen molar-refractivity contribution in [1.29, 1.82) is 5.41 Å². The second-order valence-corrected chi connectivity index (χ2v) is 9.18. The van der Waals surface area contributed by atoms with E-state index in [1.807, 2.05) is 31.5 Å². The first-order chi connectivity index (χ1) is 15.8. The predicted molar refractivity (Wildman–Crippen MR) is 129 cm³/mol. The number of fused-ring (bicyclic) bond motifs is 1. The number of amides is 1. The summed E-state index contributed by atoms with van der Waals surface area (Å²) in [5, 5.41) is 15.6. The lowest BCUT2D eigenvalue weighted by Crippen LogP contribution is -2.29. The highest BCUT2D eigenvalue weighted by atomic mass is 32.2. The molecule has 8 nitrogen and oxygen atoms in total. The van der Waals surface area contributed by atoms with Crippen molar-refractivity contribution in [2.24, 2.45) is 12.8 Å². The molecule has 10 heteroatoms. The molecule has 0 atom stereocenters. The van der Waals surface area contributed by atoms with E-state index in [9.17, 15) is 9.18 Å². The van der Waals surface area contributed by atoms with Gasteiger partial charge in [-0.2, -0.15) is 5.10 Å². The maximum atomic E-state index is 14.6. The van der Waals surface area contributed by atoms with E-state index < -0.39 is 0 Å². The van der Waals surface area contributed by atoms with Crippen molar-refractivity contribution in [2.45, 2.75) is 38.3 Å². The lowest BCUT2D eigenvalue weighted by Gasteiger charge is -2.26. The van der Waals surface area contributed by atoms with Crippen LogP contribution in [0.15, 0.2) is 40.6 Å². The first-order valence-electron chi connectivity index (χ1n) is 10.8. The minimum absolute atomic E-state index is 0.0687. The van der Waals surface area contributed by atoms with Gasteiger partial charge in [-0.1, -0.05) is 0 Å². The monoisotopic (exact) mass is 469 g/mol. The standard InChI is InChI=1S/C23H28FN7OS/c1-4-31-22-15(11-28-31)5-6-18(24)17(22)12-27-23(32)20-9-21(14(2)29(20)3)33-30-8-7-19(26)16(10-25)13-30/h5-6,9-11,25H,4,7-8,12-13,26H2,1-3H3,(H,27,32). The second-order valence-electron chi connectivity index (χ2n) is 8.04. The highest BCUT2D eigenvalue weighted by Crippen LogP contribution is 2.31. The number of hydrogen-bond acceptors (Lipinski definition) is 6. The van der Waals surface area contributed by atoms with Gasteiger partial charge in [0.2, 0.25) is 0 Å². The van der Waals surface area contributed by atoms with Crippen LogP contribution < -0.4 is 11.1 Å². The summed E-state index contributed by atoms with van der Waals surface area (Å²) in [5.41, 5.74) is 10.2. The molecule has 0 spiro atoms. The van der Waals surface area contributed by atoms with E-state index in [1.54, 1.807) is 28.9 Å². The molecule has 0 aliphatic carbocycles. The molecule has 0 saturated carbocycles. The smallest absolute Gasteiger partial charge is 0.268 e. The van der Waals surface area contributed by atoms with Crippen LogP contribution in [0.4, 0.5) is 4.39 Å². The predicted octanol–water partition coefficient (Wildman–Crippen LogP) is 3.35. The van der Waals surface area contributed by atoms with E-state index in [2.05, 4.69) is 14.7 Å². The molecule has 174 valence electrons. The number of benzene rings is 1. The van der Waals surface area contributed by atoms with Gasteiger partial charge in [-0.3, -0.25) is 9.48 Å². The Morgan fingerprint density at radius 2 is 2.21 bits per heavy atom. The maximum Gasteiger partial charge on any atom is 0.268 e. The molecule has 4 rings (SSSR count). The first-order valence-corrected chi connectivity index (χ1v) is 11.6. The minimum Gasteiger partial charge on any atom is -0.402 e. The average Bonchev–Trinajstić information content (AvgIpc) is 3.35. The highest BCUT2D eigenvalue weighted by Gasteiger charge is 2.22. The number of carbonyl (C=O) groups is 1. The quantitative estimate of drug-likeness (QED) is 0.364. The van der Waals surface area contributed by atoms with Gasteiger partial charge in [-0.25, -0.2) is 8.70 Å². The molecule has 3 heterocycles. The van der Waals surface area contributed by atoms with Gasteiger partial charge in [-0.15, -0.1) is 0 Å². The van der Waals surface area contributed by atoms with Gasteiger partial charge in [0.1, 0.15) is 11.5 Å². The van der Waals surface area contributed by atoms with Crippen LogP contribution in [0.25, 0.3) is 10.9 Å². The normalized spacial score (nSPS) is 14.8. The van der Waals surface area contributed by atoms with Crippen LogP contribution in [0.2, 0.25) is 0 Å². The number of aromatic nitrogens is 3. The molecule has 1 aliphatic heterocycles. The van der Waals surface area contributed by atoms with E-state index in [1.165, 1.54) is 12.3 Å². The fourth-order valence-corrected chi connectivity index (χ4v) is 5.11. The number of nitrogens with one attached hydrogen (secondary N) is 2. The van der Waals surface area contributed by atoms with E-state index in [4.69, 9.17) is 11.1 Å². The molecular formula is C23H28FN7OS. The third-order valence-electron chi connectivity index (χ3n) is 6.09. The summed E-state index contributed by atoms with van der Waals surface area (Å²) < 4.78 is 20.4. The summed E-state index contributed by atoms with van der Waals surface area (Å²) in [6.07, 6.45) is 3.73. The third kappa shape index (κ3) is 4.40. The van der Waals surface area contributed by atoms with Crippen LogP contribution in [0.5, 0.6) is 0 Å². The maximum absolute atomic E-state index is 14.6. The molecule has 3 aromatic rings. The van der Waals surface area contributed by atoms with Gasteiger partial charge in [0.15, 0.2) is 0 Å². The average molecular weight is 470 g/mol. The van der Waals surface area contributed by atoms with Crippen molar-refractivity contribution < 1.29 is 9.18 Å². The summed E-state index contributed by atoms with van der Waals surface area (Å²) in [5.74, 6) is -0.633. The lowest BCUT2D eigenvalue weighted by atomic mass is 10.1. The van der Waals surface area contributed by atoms with Crippen LogP contribution in [-0.2, 0) is 20.1 Å². The number of carbonyl (C=O) groups excluding carboxylic acids is 1. The Kier molecular flexibility index (Phi) is 6.57. The van der Waals surface area contributed by atoms with Crippen molar-refractivity contribution in [3.8, 4) is 0 Å². The SMILES string of the molecule is CCn1ncc2ccc(F)c(CNC(=O)c3cc(SN4CCC(N)=C(C=N)C4)c(C)n3C)c21.